The molecule has 0 aliphatic carbocycles. The number of benzene rings is 3. The molecule has 0 saturated carbocycles. The van der Waals surface area contributed by atoms with Gasteiger partial charge in [-0.3, -0.25) is 9.59 Å². The fourth-order valence-electron chi connectivity index (χ4n) is 3.61. The lowest BCUT2D eigenvalue weighted by molar-refractivity contribution is 0.102. The number of hydrogen-bond acceptors (Lipinski definition) is 5. The first-order valence-corrected chi connectivity index (χ1v) is 11.1. The fraction of sp³-hybridized carbons (Fsp3) is 0.120. The first-order valence-electron chi connectivity index (χ1n) is 10.3. The van der Waals surface area contributed by atoms with Crippen molar-refractivity contribution in [2.75, 3.05) is 5.32 Å². The maximum atomic E-state index is 13.1. The van der Waals surface area contributed by atoms with Crippen molar-refractivity contribution < 1.29 is 4.79 Å². The number of thiazole rings is 1. The van der Waals surface area contributed by atoms with Crippen molar-refractivity contribution in [2.45, 2.75) is 19.9 Å². The van der Waals surface area contributed by atoms with E-state index in [1.54, 1.807) is 35.6 Å². The van der Waals surface area contributed by atoms with Crippen LogP contribution in [0.25, 0.3) is 31.6 Å². The molecule has 0 radical (unpaired) electrons. The maximum Gasteiger partial charge on any atom is 0.276 e. The fourth-order valence-corrected chi connectivity index (χ4v) is 4.58. The van der Waals surface area contributed by atoms with E-state index in [1.165, 1.54) is 4.68 Å². The third-order valence-electron chi connectivity index (χ3n) is 5.22. The highest BCUT2D eigenvalue weighted by atomic mass is 32.1. The Bertz CT molecular complexity index is 1480. The zero-order valence-corrected chi connectivity index (χ0v) is 18.4. The number of carbonyl (C=O) groups is 1. The van der Waals surface area contributed by atoms with Gasteiger partial charge in [0.05, 0.1) is 21.6 Å². The zero-order chi connectivity index (χ0) is 22.2. The van der Waals surface area contributed by atoms with Gasteiger partial charge in [0.1, 0.15) is 5.01 Å². The highest BCUT2D eigenvalue weighted by Crippen LogP contribution is 2.30. The van der Waals surface area contributed by atoms with E-state index in [2.05, 4.69) is 21.5 Å². The molecule has 5 aromatic rings. The van der Waals surface area contributed by atoms with Gasteiger partial charge in [0.25, 0.3) is 11.5 Å². The lowest BCUT2D eigenvalue weighted by atomic mass is 10.1. The molecule has 0 fully saturated rings. The van der Waals surface area contributed by atoms with Crippen LogP contribution in [0.2, 0.25) is 0 Å². The summed E-state index contributed by atoms with van der Waals surface area (Å²) in [6, 6.07) is 22.5. The van der Waals surface area contributed by atoms with Crippen molar-refractivity contribution in [3.05, 3.63) is 88.8 Å². The Labute approximate surface area is 188 Å². The third kappa shape index (κ3) is 3.56. The van der Waals surface area contributed by atoms with Gasteiger partial charge >= 0.3 is 0 Å². The van der Waals surface area contributed by atoms with Gasteiger partial charge in [0, 0.05) is 16.6 Å². The van der Waals surface area contributed by atoms with Crippen molar-refractivity contribution in [1.29, 1.82) is 0 Å². The number of fused-ring (bicyclic) bond motifs is 2. The van der Waals surface area contributed by atoms with Crippen molar-refractivity contribution in [1.82, 2.24) is 14.8 Å². The summed E-state index contributed by atoms with van der Waals surface area (Å²) in [7, 11) is 0. The average molecular weight is 441 g/mol. The van der Waals surface area contributed by atoms with E-state index in [0.717, 1.165) is 20.8 Å². The van der Waals surface area contributed by atoms with E-state index < -0.39 is 0 Å². The molecule has 0 atom stereocenters. The van der Waals surface area contributed by atoms with Crippen LogP contribution in [0.1, 0.15) is 30.4 Å². The molecule has 1 N–H and O–H groups in total. The van der Waals surface area contributed by atoms with Gasteiger partial charge in [-0.05, 0) is 56.3 Å². The van der Waals surface area contributed by atoms with E-state index in [9.17, 15) is 9.59 Å². The molecule has 1 amide bonds. The van der Waals surface area contributed by atoms with Crippen LogP contribution in [0, 0.1) is 0 Å². The molecule has 6 nitrogen and oxygen atoms in total. The summed E-state index contributed by atoms with van der Waals surface area (Å²) in [5.41, 5.74) is 2.63. The summed E-state index contributed by atoms with van der Waals surface area (Å²) < 4.78 is 2.49. The van der Waals surface area contributed by atoms with Crippen molar-refractivity contribution in [3.63, 3.8) is 0 Å². The quantitative estimate of drug-likeness (QED) is 0.400. The van der Waals surface area contributed by atoms with Gasteiger partial charge in [-0.2, -0.15) is 5.10 Å². The lowest BCUT2D eigenvalue weighted by Crippen LogP contribution is -2.28. The van der Waals surface area contributed by atoms with Crippen molar-refractivity contribution in [3.8, 4) is 10.6 Å². The molecule has 7 heteroatoms. The zero-order valence-electron chi connectivity index (χ0n) is 17.6. The highest BCUT2D eigenvalue weighted by molar-refractivity contribution is 7.21. The molecule has 0 aliphatic heterocycles. The van der Waals surface area contributed by atoms with E-state index in [1.807, 2.05) is 56.3 Å². The number of carbonyl (C=O) groups excluding carboxylic acids is 1. The van der Waals surface area contributed by atoms with Gasteiger partial charge in [-0.25, -0.2) is 9.67 Å². The van der Waals surface area contributed by atoms with Crippen LogP contribution in [0.5, 0.6) is 0 Å². The number of nitrogens with zero attached hydrogens (tertiary/aromatic N) is 3. The monoisotopic (exact) mass is 440 g/mol. The Balaban J connectivity index is 1.46. The topological polar surface area (TPSA) is 76.9 Å². The molecule has 0 unspecified atom stereocenters. The Morgan fingerprint density at radius 3 is 2.34 bits per heavy atom. The molecule has 0 bridgehead atoms. The minimum atomic E-state index is -0.358. The van der Waals surface area contributed by atoms with Crippen LogP contribution < -0.4 is 10.9 Å². The number of hydrogen-bond donors (Lipinski definition) is 1. The molecular weight excluding hydrogens is 420 g/mol. The smallest absolute Gasteiger partial charge is 0.276 e. The SMILES string of the molecule is CC(C)n1nc(C(=O)Nc2ccc(-c3nc4ccccc4s3)cc2)c2ccccc2c1=O. The van der Waals surface area contributed by atoms with E-state index in [0.29, 0.717) is 16.5 Å². The normalized spacial score (nSPS) is 11.3. The van der Waals surface area contributed by atoms with Crippen LogP contribution in [-0.2, 0) is 0 Å². The summed E-state index contributed by atoms with van der Waals surface area (Å²) in [6.45, 7) is 3.73. The van der Waals surface area contributed by atoms with E-state index >= 15 is 0 Å². The largest absolute Gasteiger partial charge is 0.321 e. The van der Waals surface area contributed by atoms with E-state index in [4.69, 9.17) is 0 Å². The van der Waals surface area contributed by atoms with Crippen LogP contribution >= 0.6 is 11.3 Å². The second-order valence-corrected chi connectivity index (χ2v) is 8.79. The average Bonchev–Trinajstić information content (AvgIpc) is 3.24. The molecule has 0 saturated heterocycles. The second kappa shape index (κ2) is 8.01. The van der Waals surface area contributed by atoms with Gasteiger partial charge in [0.15, 0.2) is 5.69 Å². The van der Waals surface area contributed by atoms with Gasteiger partial charge in [-0.1, -0.05) is 30.3 Å². The number of anilines is 1. The van der Waals surface area contributed by atoms with Crippen LogP contribution in [0.3, 0.4) is 0 Å². The van der Waals surface area contributed by atoms with Gasteiger partial charge in [-0.15, -0.1) is 11.3 Å². The minimum absolute atomic E-state index is 0.160. The Morgan fingerprint density at radius 1 is 0.938 bits per heavy atom. The Kier molecular flexibility index (Phi) is 5.03. The molecular formula is C25H20N4O2S. The third-order valence-corrected chi connectivity index (χ3v) is 6.30. The van der Waals surface area contributed by atoms with Crippen LogP contribution in [0.15, 0.2) is 77.6 Å². The Hall–Kier alpha value is -3.84. The van der Waals surface area contributed by atoms with Crippen LogP contribution in [0.4, 0.5) is 5.69 Å². The van der Waals surface area contributed by atoms with Crippen LogP contribution in [-0.4, -0.2) is 20.7 Å². The highest BCUT2D eigenvalue weighted by Gasteiger charge is 2.18. The number of para-hydroxylation sites is 1. The molecule has 5 rings (SSSR count). The molecule has 3 aromatic carbocycles. The van der Waals surface area contributed by atoms with Gasteiger partial charge in [0.2, 0.25) is 0 Å². The predicted molar refractivity (Wildman–Crippen MR) is 129 cm³/mol. The summed E-state index contributed by atoms with van der Waals surface area (Å²) in [5.74, 6) is -0.358. The number of nitrogens with one attached hydrogen (secondary N) is 1. The molecule has 2 aromatic heterocycles. The summed E-state index contributed by atoms with van der Waals surface area (Å²) in [5, 5.41) is 9.23. The molecule has 32 heavy (non-hydrogen) atoms. The Morgan fingerprint density at radius 2 is 1.62 bits per heavy atom. The van der Waals surface area contributed by atoms with E-state index in [-0.39, 0.29) is 23.2 Å². The molecule has 0 spiro atoms. The van der Waals surface area contributed by atoms with Crippen molar-refractivity contribution in [2.24, 2.45) is 0 Å². The predicted octanol–water partition coefficient (Wildman–Crippen LogP) is 5.51. The standard InChI is InChI=1S/C25H20N4O2S/c1-15(2)29-25(31)19-8-4-3-7-18(19)22(28-29)23(30)26-17-13-11-16(12-14-17)24-27-20-9-5-6-10-21(20)32-24/h3-15H,1-2H3,(H,26,30). The number of rotatable bonds is 4. The summed E-state index contributed by atoms with van der Waals surface area (Å²) >= 11 is 1.63. The summed E-state index contributed by atoms with van der Waals surface area (Å²) in [4.78, 5) is 30.5. The first-order chi connectivity index (χ1) is 15.5. The first kappa shape index (κ1) is 20.1. The van der Waals surface area contributed by atoms with Crippen molar-refractivity contribution >= 4 is 43.9 Å². The minimum Gasteiger partial charge on any atom is -0.321 e. The van der Waals surface area contributed by atoms with Gasteiger partial charge < -0.3 is 5.32 Å². The lowest BCUT2D eigenvalue weighted by Gasteiger charge is -2.13. The molecule has 2 heterocycles. The summed E-state index contributed by atoms with van der Waals surface area (Å²) in [6.07, 6.45) is 0. The number of amides is 1. The molecule has 0 aliphatic rings. The molecule has 158 valence electrons. The maximum absolute atomic E-state index is 13.1. The second-order valence-electron chi connectivity index (χ2n) is 7.76. The number of aromatic nitrogens is 3.